The first-order chi connectivity index (χ1) is 16.9. The summed E-state index contributed by atoms with van der Waals surface area (Å²) in [4.78, 5) is 27.7. The van der Waals surface area contributed by atoms with Crippen LogP contribution in [0.15, 0.2) is 35.2 Å². The molecule has 3 rings (SSSR count). The number of morpholine rings is 1. The molecule has 0 radical (unpaired) electrons. The van der Waals surface area contributed by atoms with E-state index < -0.39 is 0 Å². The summed E-state index contributed by atoms with van der Waals surface area (Å²) < 4.78 is 33.2. The second-order valence-electron chi connectivity index (χ2n) is 7.68. The second-order valence-corrected chi connectivity index (χ2v) is 8.73. The van der Waals surface area contributed by atoms with E-state index >= 15 is 0 Å². The van der Waals surface area contributed by atoms with Crippen LogP contribution < -0.4 is 23.7 Å². The maximum Gasteiger partial charge on any atom is 0.233 e. The van der Waals surface area contributed by atoms with Gasteiger partial charge in [-0.25, -0.2) is 0 Å². The molecule has 0 N–H and O–H groups in total. The molecule has 1 saturated heterocycles. The average Bonchev–Trinajstić information content (AvgIpc) is 2.89. The number of methoxy groups -OCH3 is 4. The summed E-state index contributed by atoms with van der Waals surface area (Å²) in [7, 11) is 6.16. The Morgan fingerprint density at radius 1 is 0.971 bits per heavy atom. The number of carbonyl (C=O) groups is 2. The fourth-order valence-corrected chi connectivity index (χ4v) is 4.51. The lowest BCUT2D eigenvalue weighted by Crippen LogP contribution is -2.48. The molecule has 0 aliphatic carbocycles. The van der Waals surface area contributed by atoms with E-state index in [0.717, 1.165) is 4.90 Å². The monoisotopic (exact) mass is 505 g/mol. The zero-order valence-corrected chi connectivity index (χ0v) is 21.4. The van der Waals surface area contributed by atoms with Gasteiger partial charge in [-0.1, -0.05) is 0 Å². The molecule has 1 aliphatic rings. The molecule has 10 heteroatoms. The van der Waals surface area contributed by atoms with E-state index in [1.165, 1.54) is 32.9 Å². The number of ketones is 1. The van der Waals surface area contributed by atoms with Gasteiger partial charge in [-0.2, -0.15) is 0 Å². The van der Waals surface area contributed by atoms with E-state index in [2.05, 4.69) is 0 Å². The zero-order valence-electron chi connectivity index (χ0n) is 20.6. The van der Waals surface area contributed by atoms with Gasteiger partial charge in [0.25, 0.3) is 0 Å². The number of carbonyl (C=O) groups excluding carboxylic acids is 2. The highest BCUT2D eigenvalue weighted by molar-refractivity contribution is 8.00. The molecule has 35 heavy (non-hydrogen) atoms. The standard InChI is InChI=1S/C25H31NO8S/c1-16(27)19-7-9-21(30-3)25(32-5)24(19)34-14-17-13-26(10-11-33-17)23(28)15-35-18-6-8-20(29-2)22(12-18)31-4/h6-9,12,17H,10-11,13-15H2,1-5H3. The van der Waals surface area contributed by atoms with Crippen LogP contribution in [0.1, 0.15) is 17.3 Å². The minimum Gasteiger partial charge on any atom is -0.493 e. The van der Waals surface area contributed by atoms with E-state index in [4.69, 9.17) is 28.4 Å². The van der Waals surface area contributed by atoms with Gasteiger partial charge in [-0.3, -0.25) is 9.59 Å². The number of ether oxygens (including phenoxy) is 6. The third-order valence-corrected chi connectivity index (χ3v) is 6.48. The molecule has 1 heterocycles. The summed E-state index contributed by atoms with van der Waals surface area (Å²) >= 11 is 1.43. The molecule has 2 aromatic carbocycles. The van der Waals surface area contributed by atoms with Gasteiger partial charge in [-0.05, 0) is 37.3 Å². The number of thioether (sulfide) groups is 1. The van der Waals surface area contributed by atoms with E-state index in [1.807, 2.05) is 18.2 Å². The molecule has 1 aliphatic heterocycles. The Balaban J connectivity index is 1.61. The van der Waals surface area contributed by atoms with Gasteiger partial charge >= 0.3 is 0 Å². The molecule has 1 amide bonds. The SMILES string of the molecule is COc1ccc(SCC(=O)N2CCOC(COc3c(C(C)=O)ccc(OC)c3OC)C2)cc1OC. The van der Waals surface area contributed by atoms with Gasteiger partial charge in [0.1, 0.15) is 12.7 Å². The van der Waals surface area contributed by atoms with Crippen LogP contribution in [0, 0.1) is 0 Å². The van der Waals surface area contributed by atoms with Crippen LogP contribution >= 0.6 is 11.8 Å². The number of rotatable bonds is 11. The second kappa shape index (κ2) is 12.6. The first kappa shape index (κ1) is 26.5. The summed E-state index contributed by atoms with van der Waals surface area (Å²) in [5, 5.41) is 0. The van der Waals surface area contributed by atoms with Crippen molar-refractivity contribution in [1.82, 2.24) is 4.90 Å². The quantitative estimate of drug-likeness (QED) is 0.337. The van der Waals surface area contributed by atoms with Crippen LogP contribution in [0.2, 0.25) is 0 Å². The number of nitrogens with zero attached hydrogens (tertiary/aromatic N) is 1. The Kier molecular flexibility index (Phi) is 9.50. The predicted octanol–water partition coefficient (Wildman–Crippen LogP) is 3.32. The molecular weight excluding hydrogens is 474 g/mol. The summed E-state index contributed by atoms with van der Waals surface area (Å²) in [5.41, 5.74) is 0.387. The van der Waals surface area contributed by atoms with Gasteiger partial charge in [0.15, 0.2) is 28.8 Å². The fraction of sp³-hybridized carbons (Fsp3) is 0.440. The Labute approximate surface area is 209 Å². The zero-order chi connectivity index (χ0) is 25.4. The van der Waals surface area contributed by atoms with E-state index in [0.29, 0.717) is 54.0 Å². The lowest BCUT2D eigenvalue weighted by molar-refractivity contribution is -0.137. The van der Waals surface area contributed by atoms with Crippen molar-refractivity contribution in [3.63, 3.8) is 0 Å². The minimum absolute atomic E-state index is 0.00136. The van der Waals surface area contributed by atoms with Crippen LogP contribution in [-0.2, 0) is 9.53 Å². The van der Waals surface area contributed by atoms with E-state index in [1.54, 1.807) is 31.3 Å². The van der Waals surface area contributed by atoms with Crippen molar-refractivity contribution >= 4 is 23.5 Å². The van der Waals surface area contributed by atoms with Crippen LogP contribution in [0.25, 0.3) is 0 Å². The number of benzene rings is 2. The number of amides is 1. The van der Waals surface area contributed by atoms with Crippen molar-refractivity contribution in [2.75, 3.05) is 60.5 Å². The molecule has 1 unspecified atom stereocenters. The topological polar surface area (TPSA) is 92.8 Å². The first-order valence-electron chi connectivity index (χ1n) is 11.0. The van der Waals surface area contributed by atoms with Crippen molar-refractivity contribution in [2.24, 2.45) is 0 Å². The van der Waals surface area contributed by atoms with Gasteiger partial charge < -0.3 is 33.3 Å². The molecule has 190 valence electrons. The maximum absolute atomic E-state index is 12.9. The van der Waals surface area contributed by atoms with Crippen LogP contribution in [0.4, 0.5) is 0 Å². The smallest absolute Gasteiger partial charge is 0.233 e. The summed E-state index contributed by atoms with van der Waals surface area (Å²) in [6.45, 7) is 2.89. The van der Waals surface area contributed by atoms with Gasteiger partial charge in [0.2, 0.25) is 11.7 Å². The van der Waals surface area contributed by atoms with Crippen molar-refractivity contribution in [1.29, 1.82) is 0 Å². The maximum atomic E-state index is 12.9. The van der Waals surface area contributed by atoms with Gasteiger partial charge in [-0.15, -0.1) is 11.8 Å². The number of Topliss-reactive ketones (excluding diaryl/α,β-unsaturated/α-hetero) is 1. The first-order valence-corrected chi connectivity index (χ1v) is 12.0. The predicted molar refractivity (Wildman–Crippen MR) is 132 cm³/mol. The van der Waals surface area contributed by atoms with Crippen molar-refractivity contribution in [2.45, 2.75) is 17.9 Å². The highest BCUT2D eigenvalue weighted by atomic mass is 32.2. The molecule has 0 spiro atoms. The molecule has 0 aromatic heterocycles. The fourth-order valence-electron chi connectivity index (χ4n) is 3.68. The van der Waals surface area contributed by atoms with Gasteiger partial charge in [0.05, 0.1) is 52.9 Å². The summed E-state index contributed by atoms with van der Waals surface area (Å²) in [6, 6.07) is 8.86. The lowest BCUT2D eigenvalue weighted by atomic mass is 10.1. The molecule has 9 nitrogen and oxygen atoms in total. The summed E-state index contributed by atoms with van der Waals surface area (Å²) in [6.07, 6.45) is -0.352. The average molecular weight is 506 g/mol. The Morgan fingerprint density at radius 3 is 2.34 bits per heavy atom. The van der Waals surface area contributed by atoms with Gasteiger partial charge in [0, 0.05) is 11.4 Å². The van der Waals surface area contributed by atoms with Crippen molar-refractivity contribution in [3.8, 4) is 28.7 Å². The van der Waals surface area contributed by atoms with Crippen LogP contribution in [0.5, 0.6) is 28.7 Å². The number of hydrogen-bond acceptors (Lipinski definition) is 9. The molecule has 1 atom stereocenters. The number of hydrogen-bond donors (Lipinski definition) is 0. The normalized spacial score (nSPS) is 15.3. The molecular formula is C25H31NO8S. The highest BCUT2D eigenvalue weighted by Gasteiger charge is 2.27. The lowest BCUT2D eigenvalue weighted by Gasteiger charge is -2.33. The third-order valence-electron chi connectivity index (χ3n) is 5.50. The van der Waals surface area contributed by atoms with Crippen molar-refractivity contribution in [3.05, 3.63) is 35.9 Å². The third kappa shape index (κ3) is 6.52. The van der Waals surface area contributed by atoms with E-state index in [-0.39, 0.29) is 30.2 Å². The van der Waals surface area contributed by atoms with Crippen LogP contribution in [-0.4, -0.2) is 83.2 Å². The molecule has 1 fully saturated rings. The minimum atomic E-state index is -0.352. The highest BCUT2D eigenvalue weighted by Crippen LogP contribution is 2.40. The van der Waals surface area contributed by atoms with Crippen LogP contribution in [0.3, 0.4) is 0 Å². The summed E-state index contributed by atoms with van der Waals surface area (Å²) in [5.74, 6) is 2.48. The molecule has 0 saturated carbocycles. The Bertz CT molecular complexity index is 1040. The van der Waals surface area contributed by atoms with E-state index in [9.17, 15) is 9.59 Å². The largest absolute Gasteiger partial charge is 0.493 e. The molecule has 2 aromatic rings. The Hall–Kier alpha value is -3.11. The molecule has 0 bridgehead atoms. The Morgan fingerprint density at radius 2 is 1.69 bits per heavy atom. The van der Waals surface area contributed by atoms with Crippen molar-refractivity contribution < 1.29 is 38.0 Å².